The van der Waals surface area contributed by atoms with Crippen molar-refractivity contribution in [3.05, 3.63) is 57.8 Å². The quantitative estimate of drug-likeness (QED) is 0.858. The summed E-state index contributed by atoms with van der Waals surface area (Å²) in [6.45, 7) is 7.11. The summed E-state index contributed by atoms with van der Waals surface area (Å²) in [6.07, 6.45) is 2.07. The monoisotopic (exact) mass is 384 g/mol. The molecule has 6 nitrogen and oxygen atoms in total. The zero-order valence-corrected chi connectivity index (χ0v) is 16.5. The van der Waals surface area contributed by atoms with Crippen molar-refractivity contribution in [2.45, 2.75) is 13.8 Å². The molecule has 2 aliphatic rings. The van der Waals surface area contributed by atoms with Gasteiger partial charge in [0, 0.05) is 24.3 Å². The Morgan fingerprint density at radius 2 is 1.79 bits per heavy atom. The predicted molar refractivity (Wildman–Crippen MR) is 112 cm³/mol. The Balaban J connectivity index is 1.78. The number of ether oxygens (including phenoxy) is 1. The number of rotatable bonds is 2. The first kappa shape index (κ1) is 18.7. The fraction of sp³-hybridized carbons (Fsp3) is 0.261. The van der Waals surface area contributed by atoms with Gasteiger partial charge in [0.05, 0.1) is 13.2 Å². The minimum atomic E-state index is 0.292. The molecule has 0 radical (unpaired) electrons. The standard InChI is InChI=1S/C23H21N5O/c1-14-18(11-16-3-5-17(6-4-16)28-7-9-29-10-8-28)21-15(2)20(13-25)23(26)27-22(21)19(14)12-24/h3-6,11H,7-10H2,1-2H3,(H2,26,27)/p+1. The minimum Gasteiger partial charge on any atom is -0.378 e. The van der Waals surface area contributed by atoms with Crippen molar-refractivity contribution in [2.24, 2.45) is 0 Å². The van der Waals surface area contributed by atoms with E-state index in [9.17, 15) is 10.5 Å². The number of nitrogens with one attached hydrogen (secondary N) is 1. The maximum absolute atomic E-state index is 9.68. The van der Waals surface area contributed by atoms with Crippen LogP contribution in [-0.4, -0.2) is 26.3 Å². The summed E-state index contributed by atoms with van der Waals surface area (Å²) in [5.41, 5.74) is 13.4. The molecule has 1 saturated heterocycles. The van der Waals surface area contributed by atoms with Crippen LogP contribution in [0.2, 0.25) is 0 Å². The smallest absolute Gasteiger partial charge is 0.289 e. The first-order valence-electron chi connectivity index (χ1n) is 9.57. The molecule has 1 aromatic heterocycles. The van der Waals surface area contributed by atoms with Crippen LogP contribution in [0.3, 0.4) is 0 Å². The number of hydrogen-bond acceptors (Lipinski definition) is 5. The molecule has 0 spiro atoms. The van der Waals surface area contributed by atoms with E-state index in [-0.39, 0.29) is 0 Å². The number of nitrogens with zero attached hydrogens (tertiary/aromatic N) is 3. The molecule has 0 atom stereocenters. The molecule has 1 aliphatic heterocycles. The average Bonchev–Trinajstić information content (AvgIpc) is 3.00. The molecule has 144 valence electrons. The van der Waals surface area contributed by atoms with E-state index >= 15 is 0 Å². The second-order valence-corrected chi connectivity index (χ2v) is 7.26. The van der Waals surface area contributed by atoms with Gasteiger partial charge in [-0.2, -0.15) is 10.5 Å². The van der Waals surface area contributed by atoms with Crippen LogP contribution in [0, 0.1) is 29.6 Å². The van der Waals surface area contributed by atoms with Crippen LogP contribution in [0.25, 0.3) is 17.2 Å². The predicted octanol–water partition coefficient (Wildman–Crippen LogP) is 2.95. The van der Waals surface area contributed by atoms with Crippen LogP contribution in [-0.2, 0) is 4.74 Å². The second kappa shape index (κ2) is 7.43. The van der Waals surface area contributed by atoms with Crippen LogP contribution in [0.5, 0.6) is 0 Å². The number of H-pyrrole nitrogens is 1. The Morgan fingerprint density at radius 3 is 2.41 bits per heavy atom. The highest BCUT2D eigenvalue weighted by atomic mass is 16.5. The van der Waals surface area contributed by atoms with Crippen LogP contribution in [0.4, 0.5) is 11.5 Å². The lowest BCUT2D eigenvalue weighted by Gasteiger charge is -2.28. The van der Waals surface area contributed by atoms with Crippen molar-refractivity contribution >= 4 is 28.7 Å². The maximum Gasteiger partial charge on any atom is 0.289 e. The average molecular weight is 384 g/mol. The Morgan fingerprint density at radius 1 is 1.10 bits per heavy atom. The normalized spacial score (nSPS) is 17.2. The van der Waals surface area contributed by atoms with Crippen molar-refractivity contribution in [2.75, 3.05) is 36.9 Å². The van der Waals surface area contributed by atoms with Gasteiger partial charge in [-0.3, -0.25) is 5.73 Å². The molecular formula is C23H22N5O+. The number of anilines is 2. The number of hydrogen-bond donors (Lipinski definition) is 1. The number of nitriles is 2. The minimum absolute atomic E-state index is 0.292. The number of fused-ring (bicyclic) bond motifs is 1. The van der Waals surface area contributed by atoms with Gasteiger partial charge in [0.2, 0.25) is 0 Å². The Bertz CT molecular complexity index is 1120. The molecule has 6 heteroatoms. The SMILES string of the molecule is CC1=C(C#N)c2[nH+]c(N)c(C#N)c(C)c2C1=Cc1ccc(N2CCOCC2)cc1. The van der Waals surface area contributed by atoms with Crippen molar-refractivity contribution in [3.8, 4) is 12.1 Å². The molecule has 29 heavy (non-hydrogen) atoms. The molecule has 2 heterocycles. The highest BCUT2D eigenvalue weighted by molar-refractivity contribution is 6.07. The first-order valence-corrected chi connectivity index (χ1v) is 9.57. The summed E-state index contributed by atoms with van der Waals surface area (Å²) in [5, 5.41) is 19.2. The number of nitrogens with two attached hydrogens (primary N) is 1. The van der Waals surface area contributed by atoms with E-state index in [0.717, 1.165) is 54.1 Å². The zero-order chi connectivity index (χ0) is 20.5. The lowest BCUT2D eigenvalue weighted by atomic mass is 9.95. The Labute approximate surface area is 170 Å². The molecule has 0 unspecified atom stereocenters. The lowest BCUT2D eigenvalue weighted by Crippen LogP contribution is -2.36. The fourth-order valence-electron chi connectivity index (χ4n) is 4.04. The number of aromatic amines is 1. The van der Waals surface area contributed by atoms with Gasteiger partial charge in [-0.05, 0) is 54.3 Å². The maximum atomic E-state index is 9.68. The summed E-state index contributed by atoms with van der Waals surface area (Å²) < 4.78 is 5.42. The number of allylic oxidation sites excluding steroid dienone is 3. The summed E-state index contributed by atoms with van der Waals surface area (Å²) in [6, 6.07) is 12.8. The summed E-state index contributed by atoms with van der Waals surface area (Å²) >= 11 is 0. The number of aromatic nitrogens is 1. The third-order valence-corrected chi connectivity index (χ3v) is 5.63. The van der Waals surface area contributed by atoms with Crippen LogP contribution < -0.4 is 15.6 Å². The zero-order valence-electron chi connectivity index (χ0n) is 16.5. The topological polar surface area (TPSA) is 100 Å². The van der Waals surface area contributed by atoms with Crippen molar-refractivity contribution < 1.29 is 9.72 Å². The summed E-state index contributed by atoms with van der Waals surface area (Å²) in [4.78, 5) is 5.37. The number of morpholine rings is 1. The second-order valence-electron chi connectivity index (χ2n) is 7.26. The highest BCUT2D eigenvalue weighted by Crippen LogP contribution is 2.42. The molecular weight excluding hydrogens is 362 g/mol. The van der Waals surface area contributed by atoms with Crippen LogP contribution >= 0.6 is 0 Å². The summed E-state index contributed by atoms with van der Waals surface area (Å²) in [5.74, 6) is 0.292. The van der Waals surface area contributed by atoms with E-state index in [1.54, 1.807) is 0 Å². The highest BCUT2D eigenvalue weighted by Gasteiger charge is 2.32. The third kappa shape index (κ3) is 3.14. The molecule has 1 fully saturated rings. The Hall–Kier alpha value is -3.61. The fourth-order valence-corrected chi connectivity index (χ4v) is 4.04. The first-order chi connectivity index (χ1) is 14.0. The van der Waals surface area contributed by atoms with Gasteiger partial charge in [0.15, 0.2) is 5.69 Å². The molecule has 0 bridgehead atoms. The molecule has 2 aromatic rings. The van der Waals surface area contributed by atoms with Gasteiger partial charge < -0.3 is 9.64 Å². The van der Waals surface area contributed by atoms with Gasteiger partial charge in [0.25, 0.3) is 5.82 Å². The van der Waals surface area contributed by atoms with E-state index in [1.165, 1.54) is 5.69 Å². The molecule has 1 aromatic carbocycles. The number of pyridine rings is 1. The van der Waals surface area contributed by atoms with Gasteiger partial charge >= 0.3 is 0 Å². The Kier molecular flexibility index (Phi) is 4.80. The summed E-state index contributed by atoms with van der Waals surface area (Å²) in [7, 11) is 0. The van der Waals surface area contributed by atoms with E-state index in [2.05, 4.69) is 52.4 Å². The molecule has 0 amide bonds. The van der Waals surface area contributed by atoms with Crippen molar-refractivity contribution in [3.63, 3.8) is 0 Å². The van der Waals surface area contributed by atoms with E-state index in [0.29, 0.717) is 22.6 Å². The van der Waals surface area contributed by atoms with Crippen molar-refractivity contribution in [1.82, 2.24) is 0 Å². The number of nitrogen functional groups attached to an aromatic ring is 1. The largest absolute Gasteiger partial charge is 0.378 e. The van der Waals surface area contributed by atoms with E-state index < -0.39 is 0 Å². The van der Waals surface area contributed by atoms with Crippen LogP contribution in [0.1, 0.15) is 34.9 Å². The van der Waals surface area contributed by atoms with Gasteiger partial charge in [-0.1, -0.05) is 12.1 Å². The lowest BCUT2D eigenvalue weighted by molar-refractivity contribution is -0.364. The van der Waals surface area contributed by atoms with E-state index in [4.69, 9.17) is 10.5 Å². The van der Waals surface area contributed by atoms with Gasteiger partial charge in [-0.25, -0.2) is 4.98 Å². The van der Waals surface area contributed by atoms with Crippen LogP contribution in [0.15, 0.2) is 29.8 Å². The molecule has 3 N–H and O–H groups in total. The van der Waals surface area contributed by atoms with Gasteiger partial charge in [-0.15, -0.1) is 0 Å². The van der Waals surface area contributed by atoms with Crippen molar-refractivity contribution in [1.29, 1.82) is 10.5 Å². The molecule has 4 rings (SSSR count). The third-order valence-electron chi connectivity index (χ3n) is 5.63. The number of benzene rings is 1. The molecule has 1 aliphatic carbocycles. The van der Waals surface area contributed by atoms with E-state index in [1.807, 2.05) is 13.8 Å². The van der Waals surface area contributed by atoms with Gasteiger partial charge in [0.1, 0.15) is 23.3 Å². The molecule has 0 saturated carbocycles.